The van der Waals surface area contributed by atoms with E-state index in [1.165, 1.54) is 16.7 Å². The minimum absolute atomic E-state index is 0.334. The Morgan fingerprint density at radius 3 is 2.53 bits per heavy atom. The molecule has 0 fully saturated rings. The van der Waals surface area contributed by atoms with E-state index in [0.29, 0.717) is 6.04 Å². The van der Waals surface area contributed by atoms with Crippen molar-refractivity contribution in [1.29, 1.82) is 0 Å². The first-order valence-electron chi connectivity index (χ1n) is 6.00. The van der Waals surface area contributed by atoms with Crippen LogP contribution in [0.5, 0.6) is 0 Å². The Morgan fingerprint density at radius 1 is 1.12 bits per heavy atom. The van der Waals surface area contributed by atoms with Crippen LogP contribution in [0.1, 0.15) is 35.4 Å². The first-order chi connectivity index (χ1) is 8.18. The predicted octanol–water partition coefficient (Wildman–Crippen LogP) is 3.75. The zero-order valence-corrected chi connectivity index (χ0v) is 10.7. The van der Waals surface area contributed by atoms with Gasteiger partial charge in [-0.15, -0.1) is 0 Å². The van der Waals surface area contributed by atoms with Gasteiger partial charge in [-0.1, -0.05) is 24.3 Å². The maximum atomic E-state index is 5.42. The zero-order valence-electron chi connectivity index (χ0n) is 10.7. The van der Waals surface area contributed by atoms with Crippen LogP contribution in [-0.4, -0.2) is 0 Å². The Hall–Kier alpha value is -1.54. The van der Waals surface area contributed by atoms with Crippen LogP contribution >= 0.6 is 0 Å². The molecule has 1 aromatic heterocycles. The highest BCUT2D eigenvalue weighted by atomic mass is 16.3. The van der Waals surface area contributed by atoms with Gasteiger partial charge in [0.15, 0.2) is 0 Å². The van der Waals surface area contributed by atoms with E-state index in [-0.39, 0.29) is 0 Å². The molecule has 17 heavy (non-hydrogen) atoms. The molecule has 0 aliphatic heterocycles. The molecule has 90 valence electrons. The standard InChI is InChI=1S/C15H19NO/c1-11-6-4-5-7-14(11)13(3)16-10-15-12(2)8-9-17-15/h4-9,13,16H,10H2,1-3H3. The molecule has 0 saturated carbocycles. The van der Waals surface area contributed by atoms with Crippen LogP contribution in [0.3, 0.4) is 0 Å². The van der Waals surface area contributed by atoms with Crippen molar-refractivity contribution >= 4 is 0 Å². The Labute approximate surface area is 103 Å². The summed E-state index contributed by atoms with van der Waals surface area (Å²) in [5.74, 6) is 1.02. The van der Waals surface area contributed by atoms with Crippen molar-refractivity contribution in [2.75, 3.05) is 0 Å². The lowest BCUT2D eigenvalue weighted by molar-refractivity contribution is 0.457. The lowest BCUT2D eigenvalue weighted by atomic mass is 10.0. The third-order valence-corrected chi connectivity index (χ3v) is 3.19. The first-order valence-corrected chi connectivity index (χ1v) is 6.00. The molecule has 0 bridgehead atoms. The molecule has 0 aliphatic rings. The lowest BCUT2D eigenvalue weighted by Gasteiger charge is -2.16. The highest BCUT2D eigenvalue weighted by Gasteiger charge is 2.08. The summed E-state index contributed by atoms with van der Waals surface area (Å²) in [5, 5.41) is 3.49. The average molecular weight is 229 g/mol. The molecule has 1 N–H and O–H groups in total. The van der Waals surface area contributed by atoms with Crippen molar-refractivity contribution in [2.24, 2.45) is 0 Å². The van der Waals surface area contributed by atoms with Gasteiger partial charge in [-0.05, 0) is 43.5 Å². The van der Waals surface area contributed by atoms with Gasteiger partial charge in [0.1, 0.15) is 5.76 Å². The van der Waals surface area contributed by atoms with E-state index >= 15 is 0 Å². The normalized spacial score (nSPS) is 12.6. The average Bonchev–Trinajstić information content (AvgIpc) is 2.72. The van der Waals surface area contributed by atoms with Crippen LogP contribution in [0.25, 0.3) is 0 Å². The minimum atomic E-state index is 0.334. The van der Waals surface area contributed by atoms with Gasteiger partial charge in [-0.3, -0.25) is 0 Å². The topological polar surface area (TPSA) is 25.2 Å². The van der Waals surface area contributed by atoms with Crippen LogP contribution in [0.4, 0.5) is 0 Å². The smallest absolute Gasteiger partial charge is 0.120 e. The molecular formula is C15H19NO. The van der Waals surface area contributed by atoms with Gasteiger partial charge in [0.25, 0.3) is 0 Å². The Bertz CT molecular complexity index is 487. The molecule has 1 aromatic carbocycles. The number of hydrogen-bond donors (Lipinski definition) is 1. The fourth-order valence-corrected chi connectivity index (χ4v) is 2.01. The number of rotatable bonds is 4. The number of hydrogen-bond acceptors (Lipinski definition) is 2. The predicted molar refractivity (Wildman–Crippen MR) is 69.9 cm³/mol. The van der Waals surface area contributed by atoms with Gasteiger partial charge in [0, 0.05) is 6.04 Å². The van der Waals surface area contributed by atoms with Gasteiger partial charge < -0.3 is 9.73 Å². The lowest BCUT2D eigenvalue weighted by Crippen LogP contribution is -2.18. The number of nitrogens with one attached hydrogen (secondary N) is 1. The van der Waals surface area contributed by atoms with Crippen molar-refractivity contribution in [3.63, 3.8) is 0 Å². The molecule has 0 radical (unpaired) electrons. The molecule has 0 aliphatic carbocycles. The fourth-order valence-electron chi connectivity index (χ4n) is 2.01. The van der Waals surface area contributed by atoms with Gasteiger partial charge in [-0.2, -0.15) is 0 Å². The Morgan fingerprint density at radius 2 is 1.88 bits per heavy atom. The number of benzene rings is 1. The summed E-state index contributed by atoms with van der Waals surface area (Å²) < 4.78 is 5.42. The van der Waals surface area contributed by atoms with E-state index in [9.17, 15) is 0 Å². The molecule has 1 unspecified atom stereocenters. The molecule has 0 saturated heterocycles. The van der Waals surface area contributed by atoms with Crippen LogP contribution < -0.4 is 5.32 Å². The van der Waals surface area contributed by atoms with E-state index in [0.717, 1.165) is 12.3 Å². The third kappa shape index (κ3) is 2.77. The molecular weight excluding hydrogens is 210 g/mol. The van der Waals surface area contributed by atoms with Crippen molar-refractivity contribution in [3.8, 4) is 0 Å². The van der Waals surface area contributed by atoms with Crippen LogP contribution in [-0.2, 0) is 6.54 Å². The second kappa shape index (κ2) is 5.19. The summed E-state index contributed by atoms with van der Waals surface area (Å²) >= 11 is 0. The number of furan rings is 1. The zero-order chi connectivity index (χ0) is 12.3. The largest absolute Gasteiger partial charge is 0.468 e. The number of aryl methyl sites for hydroxylation is 2. The van der Waals surface area contributed by atoms with Gasteiger partial charge in [0.05, 0.1) is 12.8 Å². The molecule has 0 spiro atoms. The van der Waals surface area contributed by atoms with Gasteiger partial charge in [-0.25, -0.2) is 0 Å². The fraction of sp³-hybridized carbons (Fsp3) is 0.333. The molecule has 2 aromatic rings. The molecule has 2 nitrogen and oxygen atoms in total. The summed E-state index contributed by atoms with van der Waals surface area (Å²) in [6.07, 6.45) is 1.74. The maximum Gasteiger partial charge on any atom is 0.120 e. The second-order valence-corrected chi connectivity index (χ2v) is 4.49. The molecule has 0 amide bonds. The Balaban J connectivity index is 2.01. The first kappa shape index (κ1) is 11.9. The second-order valence-electron chi connectivity index (χ2n) is 4.49. The summed E-state index contributed by atoms with van der Waals surface area (Å²) in [6.45, 7) is 7.17. The van der Waals surface area contributed by atoms with Crippen molar-refractivity contribution in [2.45, 2.75) is 33.4 Å². The van der Waals surface area contributed by atoms with Crippen molar-refractivity contribution < 1.29 is 4.42 Å². The highest BCUT2D eigenvalue weighted by Crippen LogP contribution is 2.18. The minimum Gasteiger partial charge on any atom is -0.468 e. The van der Waals surface area contributed by atoms with E-state index in [4.69, 9.17) is 4.42 Å². The SMILES string of the molecule is Cc1ccccc1C(C)NCc1occc1C. The molecule has 1 heterocycles. The quantitative estimate of drug-likeness (QED) is 0.863. The Kier molecular flexibility index (Phi) is 3.64. The van der Waals surface area contributed by atoms with E-state index in [2.05, 4.69) is 50.4 Å². The van der Waals surface area contributed by atoms with E-state index in [1.54, 1.807) is 6.26 Å². The van der Waals surface area contributed by atoms with E-state index in [1.807, 2.05) is 6.07 Å². The molecule has 1 atom stereocenters. The van der Waals surface area contributed by atoms with Crippen LogP contribution in [0.2, 0.25) is 0 Å². The summed E-state index contributed by atoms with van der Waals surface area (Å²) in [7, 11) is 0. The molecule has 2 heteroatoms. The summed E-state index contributed by atoms with van der Waals surface area (Å²) in [4.78, 5) is 0. The highest BCUT2D eigenvalue weighted by molar-refractivity contribution is 5.28. The van der Waals surface area contributed by atoms with Crippen molar-refractivity contribution in [1.82, 2.24) is 5.32 Å². The van der Waals surface area contributed by atoms with Crippen molar-refractivity contribution in [3.05, 3.63) is 59.0 Å². The van der Waals surface area contributed by atoms with Gasteiger partial charge in [0.2, 0.25) is 0 Å². The van der Waals surface area contributed by atoms with Gasteiger partial charge >= 0.3 is 0 Å². The summed E-state index contributed by atoms with van der Waals surface area (Å²) in [5.41, 5.74) is 3.87. The van der Waals surface area contributed by atoms with Crippen LogP contribution in [0, 0.1) is 13.8 Å². The summed E-state index contributed by atoms with van der Waals surface area (Å²) in [6, 6.07) is 10.8. The monoisotopic (exact) mass is 229 g/mol. The maximum absolute atomic E-state index is 5.42. The van der Waals surface area contributed by atoms with Crippen LogP contribution in [0.15, 0.2) is 41.0 Å². The third-order valence-electron chi connectivity index (χ3n) is 3.19. The van der Waals surface area contributed by atoms with E-state index < -0.39 is 0 Å². The molecule has 2 rings (SSSR count).